The Labute approximate surface area is 179 Å². The van der Waals surface area contributed by atoms with E-state index in [0.717, 1.165) is 22.6 Å². The molecule has 7 heteroatoms. The van der Waals surface area contributed by atoms with Crippen LogP contribution in [0.5, 0.6) is 11.5 Å². The molecule has 1 aliphatic heterocycles. The Hall–Kier alpha value is -1.56. The third kappa shape index (κ3) is 5.07. The van der Waals surface area contributed by atoms with Gasteiger partial charge in [-0.05, 0) is 49.7 Å². The van der Waals surface area contributed by atoms with E-state index in [4.69, 9.17) is 32.7 Å². The number of benzene rings is 2. The third-order valence-corrected chi connectivity index (χ3v) is 6.22. The lowest BCUT2D eigenvalue weighted by molar-refractivity contribution is -0.119. The fourth-order valence-corrected chi connectivity index (χ4v) is 4.82. The molecule has 0 unspecified atom stereocenters. The Bertz CT molecular complexity index is 852. The van der Waals surface area contributed by atoms with E-state index in [9.17, 15) is 4.79 Å². The van der Waals surface area contributed by atoms with E-state index in [-0.39, 0.29) is 17.6 Å². The second kappa shape index (κ2) is 8.85. The molecule has 0 spiro atoms. The summed E-state index contributed by atoms with van der Waals surface area (Å²) in [5.41, 5.74) is 1.43. The highest BCUT2D eigenvalue weighted by atomic mass is 35.5. The number of carbonyl (C=O) groups excluding carboxylic acids is 1. The van der Waals surface area contributed by atoms with Crippen LogP contribution in [0.15, 0.2) is 36.4 Å². The molecule has 2 aromatic rings. The Morgan fingerprint density at radius 2 is 2.00 bits per heavy atom. The molecule has 0 saturated carbocycles. The molecule has 1 heterocycles. The number of ether oxygens (including phenoxy) is 2. The molecule has 0 bridgehead atoms. The molecule has 2 aromatic carbocycles. The molecule has 150 valence electrons. The highest BCUT2D eigenvalue weighted by Crippen LogP contribution is 2.41. The Balaban J connectivity index is 1.65. The molecule has 0 saturated heterocycles. The largest absolute Gasteiger partial charge is 0.497 e. The van der Waals surface area contributed by atoms with Crippen LogP contribution in [0.1, 0.15) is 37.4 Å². The molecule has 1 amide bonds. The summed E-state index contributed by atoms with van der Waals surface area (Å²) in [4.78, 5) is 12.6. The first-order valence-corrected chi connectivity index (χ1v) is 10.9. The fraction of sp³-hybridized carbons (Fsp3) is 0.381. The molecule has 4 nitrogen and oxygen atoms in total. The van der Waals surface area contributed by atoms with Gasteiger partial charge < -0.3 is 14.8 Å². The Morgan fingerprint density at radius 3 is 2.68 bits per heavy atom. The van der Waals surface area contributed by atoms with Gasteiger partial charge >= 0.3 is 0 Å². The number of thioether (sulfide) groups is 1. The van der Waals surface area contributed by atoms with E-state index in [1.54, 1.807) is 19.2 Å². The maximum atomic E-state index is 12.6. The Kier molecular flexibility index (Phi) is 6.69. The molecule has 0 aliphatic carbocycles. The first-order chi connectivity index (χ1) is 13.3. The SMILES string of the molecule is COc1ccc2c(c1)[C@@H](NC(=O)CSCc1c(Cl)cccc1Cl)CC(C)(C)O2. The van der Waals surface area contributed by atoms with Crippen LogP contribution in [0.3, 0.4) is 0 Å². The van der Waals surface area contributed by atoms with E-state index >= 15 is 0 Å². The highest BCUT2D eigenvalue weighted by Gasteiger charge is 2.34. The molecule has 3 rings (SSSR count). The first-order valence-electron chi connectivity index (χ1n) is 8.96. The van der Waals surface area contributed by atoms with Crippen molar-refractivity contribution in [1.29, 1.82) is 0 Å². The summed E-state index contributed by atoms with van der Waals surface area (Å²) >= 11 is 13.9. The predicted octanol–water partition coefficient (Wildman–Crippen LogP) is 5.65. The van der Waals surface area contributed by atoms with E-state index in [0.29, 0.717) is 28.0 Å². The van der Waals surface area contributed by atoms with Crippen molar-refractivity contribution in [2.24, 2.45) is 0 Å². The lowest BCUT2D eigenvalue weighted by atomic mass is 9.89. The van der Waals surface area contributed by atoms with Gasteiger partial charge in [0.05, 0.1) is 18.9 Å². The summed E-state index contributed by atoms with van der Waals surface area (Å²) in [6.07, 6.45) is 0.680. The monoisotopic (exact) mass is 439 g/mol. The van der Waals surface area contributed by atoms with Crippen molar-refractivity contribution in [3.63, 3.8) is 0 Å². The van der Waals surface area contributed by atoms with Gasteiger partial charge in [-0.3, -0.25) is 4.79 Å². The van der Waals surface area contributed by atoms with E-state index < -0.39 is 0 Å². The second-order valence-electron chi connectivity index (χ2n) is 7.28. The summed E-state index contributed by atoms with van der Waals surface area (Å²) in [6.45, 7) is 4.04. The first kappa shape index (κ1) is 21.2. The van der Waals surface area contributed by atoms with Crippen LogP contribution in [0.4, 0.5) is 0 Å². The zero-order valence-corrected chi connectivity index (χ0v) is 18.4. The van der Waals surface area contributed by atoms with Crippen molar-refractivity contribution in [3.05, 3.63) is 57.6 Å². The highest BCUT2D eigenvalue weighted by molar-refractivity contribution is 7.99. The average molecular weight is 440 g/mol. The molecule has 1 atom stereocenters. The van der Waals surface area contributed by atoms with Gasteiger partial charge in [-0.15, -0.1) is 11.8 Å². The molecular formula is C21H23Cl2NO3S. The second-order valence-corrected chi connectivity index (χ2v) is 9.08. The van der Waals surface area contributed by atoms with Crippen molar-refractivity contribution >= 4 is 40.9 Å². The molecule has 0 radical (unpaired) electrons. The summed E-state index contributed by atoms with van der Waals surface area (Å²) in [5, 5.41) is 4.37. The van der Waals surface area contributed by atoms with E-state index in [1.165, 1.54) is 11.8 Å². The predicted molar refractivity (Wildman–Crippen MR) is 116 cm³/mol. The number of rotatable bonds is 6. The van der Waals surface area contributed by atoms with Crippen molar-refractivity contribution in [2.45, 2.75) is 37.7 Å². The maximum absolute atomic E-state index is 12.6. The molecule has 1 N–H and O–H groups in total. The van der Waals surface area contributed by atoms with Crippen molar-refractivity contribution in [1.82, 2.24) is 5.32 Å². The minimum Gasteiger partial charge on any atom is -0.497 e. The van der Waals surface area contributed by atoms with Gasteiger partial charge in [0, 0.05) is 27.8 Å². The van der Waals surface area contributed by atoms with Crippen LogP contribution in [-0.2, 0) is 10.5 Å². The number of methoxy groups -OCH3 is 1. The standard InChI is InChI=1S/C21H23Cl2NO3S/c1-21(2)10-18(14-9-13(26-3)7-8-19(14)27-21)24-20(25)12-28-11-15-16(22)5-4-6-17(15)23/h4-9,18H,10-12H2,1-3H3,(H,24,25)/t18-/m0/s1. The number of nitrogens with one attached hydrogen (secondary N) is 1. The molecule has 0 fully saturated rings. The zero-order chi connectivity index (χ0) is 20.3. The van der Waals surface area contributed by atoms with Gasteiger partial charge in [0.2, 0.25) is 5.91 Å². The van der Waals surface area contributed by atoms with Gasteiger partial charge in [-0.2, -0.15) is 0 Å². The van der Waals surface area contributed by atoms with E-state index in [1.807, 2.05) is 38.1 Å². The smallest absolute Gasteiger partial charge is 0.230 e. The minimum absolute atomic E-state index is 0.0374. The van der Waals surface area contributed by atoms with Crippen molar-refractivity contribution in [3.8, 4) is 11.5 Å². The molecule has 1 aliphatic rings. The van der Waals surface area contributed by atoms with Gasteiger partial charge in [-0.25, -0.2) is 0 Å². The van der Waals surface area contributed by atoms with Crippen molar-refractivity contribution in [2.75, 3.05) is 12.9 Å². The maximum Gasteiger partial charge on any atom is 0.230 e. The van der Waals surface area contributed by atoms with Gasteiger partial charge in [0.25, 0.3) is 0 Å². The topological polar surface area (TPSA) is 47.6 Å². The Morgan fingerprint density at radius 1 is 1.29 bits per heavy atom. The number of carbonyl (C=O) groups is 1. The molecular weight excluding hydrogens is 417 g/mol. The number of hydrogen-bond donors (Lipinski definition) is 1. The van der Waals surface area contributed by atoms with Crippen LogP contribution in [-0.4, -0.2) is 24.4 Å². The van der Waals surface area contributed by atoms with Crippen LogP contribution >= 0.6 is 35.0 Å². The zero-order valence-electron chi connectivity index (χ0n) is 16.1. The molecule has 28 heavy (non-hydrogen) atoms. The summed E-state index contributed by atoms with van der Waals surface area (Å²) < 4.78 is 11.4. The number of hydrogen-bond acceptors (Lipinski definition) is 4. The molecule has 0 aromatic heterocycles. The van der Waals surface area contributed by atoms with Crippen LogP contribution in [0, 0.1) is 0 Å². The lowest BCUT2D eigenvalue weighted by Crippen LogP contribution is -2.41. The fourth-order valence-electron chi connectivity index (χ4n) is 3.24. The third-order valence-electron chi connectivity index (χ3n) is 4.55. The van der Waals surface area contributed by atoms with Crippen molar-refractivity contribution < 1.29 is 14.3 Å². The summed E-state index contributed by atoms with van der Waals surface area (Å²) in [7, 11) is 1.62. The van der Waals surface area contributed by atoms with Gasteiger partial charge in [-0.1, -0.05) is 29.3 Å². The van der Waals surface area contributed by atoms with E-state index in [2.05, 4.69) is 5.32 Å². The average Bonchev–Trinajstić information content (AvgIpc) is 2.63. The van der Waals surface area contributed by atoms with Gasteiger partial charge in [0.1, 0.15) is 17.1 Å². The number of amides is 1. The van der Waals surface area contributed by atoms with Crippen LogP contribution in [0.25, 0.3) is 0 Å². The van der Waals surface area contributed by atoms with Crippen LogP contribution < -0.4 is 14.8 Å². The van der Waals surface area contributed by atoms with Crippen LogP contribution in [0.2, 0.25) is 10.0 Å². The summed E-state index contributed by atoms with van der Waals surface area (Å²) in [6, 6.07) is 11.0. The number of halogens is 2. The van der Waals surface area contributed by atoms with Gasteiger partial charge in [0.15, 0.2) is 0 Å². The number of fused-ring (bicyclic) bond motifs is 1. The summed E-state index contributed by atoms with van der Waals surface area (Å²) in [5.74, 6) is 2.38. The minimum atomic E-state index is -0.363. The lowest BCUT2D eigenvalue weighted by Gasteiger charge is -2.38. The quantitative estimate of drug-likeness (QED) is 0.630. The normalized spacial score (nSPS) is 17.4.